The Labute approximate surface area is 135 Å². The summed E-state index contributed by atoms with van der Waals surface area (Å²) < 4.78 is 27.5. The molecule has 124 valence electrons. The molecule has 3 saturated carbocycles. The van der Waals surface area contributed by atoms with Crippen LogP contribution >= 0.6 is 0 Å². The van der Waals surface area contributed by atoms with Crippen LogP contribution in [0.25, 0.3) is 0 Å². The maximum atomic E-state index is 13.8. The van der Waals surface area contributed by atoms with Crippen LogP contribution < -0.4 is 0 Å². The Bertz CT molecular complexity index is 644. The van der Waals surface area contributed by atoms with E-state index < -0.39 is 11.5 Å². The van der Waals surface area contributed by atoms with E-state index >= 15 is 0 Å². The number of Topliss-reactive ketones (excluding diaryl/α,β-unsaturated/α-hetero) is 1. The summed E-state index contributed by atoms with van der Waals surface area (Å²) in [5.74, 6) is 0.645. The van der Waals surface area contributed by atoms with Gasteiger partial charge < -0.3 is 0 Å². The summed E-state index contributed by atoms with van der Waals surface area (Å²) in [4.78, 5) is 24.1. The number of halogens is 2. The molecule has 4 heteroatoms. The summed E-state index contributed by atoms with van der Waals surface area (Å²) in [5.41, 5.74) is 0.703. The van der Waals surface area contributed by atoms with Crippen molar-refractivity contribution in [1.82, 2.24) is 0 Å². The molecule has 4 aliphatic carbocycles. The van der Waals surface area contributed by atoms with Gasteiger partial charge in [0.1, 0.15) is 5.78 Å². The lowest BCUT2D eigenvalue weighted by molar-refractivity contribution is -0.129. The molecule has 0 amide bonds. The van der Waals surface area contributed by atoms with Gasteiger partial charge >= 0.3 is 0 Å². The Kier molecular flexibility index (Phi) is 3.37. The van der Waals surface area contributed by atoms with Gasteiger partial charge in [0.15, 0.2) is 5.78 Å². The first-order chi connectivity index (χ1) is 10.9. The van der Waals surface area contributed by atoms with Crippen LogP contribution in [0.1, 0.15) is 51.9 Å². The summed E-state index contributed by atoms with van der Waals surface area (Å²) in [6, 6.07) is 0. The van der Waals surface area contributed by atoms with Crippen LogP contribution in [-0.4, -0.2) is 11.6 Å². The van der Waals surface area contributed by atoms with E-state index in [1.807, 2.05) is 6.92 Å². The third-order valence-electron chi connectivity index (χ3n) is 7.04. The van der Waals surface area contributed by atoms with Gasteiger partial charge in [0, 0.05) is 23.8 Å². The Balaban J connectivity index is 1.79. The van der Waals surface area contributed by atoms with E-state index in [1.54, 1.807) is 6.08 Å². The molecule has 0 bridgehead atoms. The fraction of sp³-hybridized carbons (Fsp3) is 0.684. The molecular weight excluding hydrogens is 298 g/mol. The first-order valence-electron chi connectivity index (χ1n) is 8.72. The highest BCUT2D eigenvalue weighted by atomic mass is 19.3. The Morgan fingerprint density at radius 1 is 1.13 bits per heavy atom. The molecule has 2 nitrogen and oxygen atoms in total. The molecule has 0 heterocycles. The van der Waals surface area contributed by atoms with Crippen molar-refractivity contribution in [3.05, 3.63) is 23.3 Å². The van der Waals surface area contributed by atoms with E-state index in [2.05, 4.69) is 0 Å². The lowest BCUT2D eigenvalue weighted by Gasteiger charge is -2.52. The van der Waals surface area contributed by atoms with E-state index in [4.69, 9.17) is 0 Å². The summed E-state index contributed by atoms with van der Waals surface area (Å²) in [7, 11) is 0. The average Bonchev–Trinajstić information content (AvgIpc) is 2.81. The van der Waals surface area contributed by atoms with Gasteiger partial charge in [-0.25, -0.2) is 0 Å². The Hall–Kier alpha value is -1.32. The second-order valence-corrected chi connectivity index (χ2v) is 8.01. The maximum Gasteiger partial charge on any atom is 0.269 e. The van der Waals surface area contributed by atoms with Gasteiger partial charge in [0.05, 0.1) is 0 Å². The number of carbonyl (C=O) groups excluding carboxylic acids is 2. The zero-order valence-electron chi connectivity index (χ0n) is 13.4. The Morgan fingerprint density at radius 3 is 2.65 bits per heavy atom. The van der Waals surface area contributed by atoms with Crippen molar-refractivity contribution in [2.24, 2.45) is 29.1 Å². The number of fused-ring (bicyclic) bond motifs is 5. The molecule has 3 fully saturated rings. The molecule has 0 aromatic carbocycles. The molecule has 0 aromatic rings. The van der Waals surface area contributed by atoms with Gasteiger partial charge in [-0.2, -0.15) is 8.78 Å². The monoisotopic (exact) mass is 320 g/mol. The third-order valence-corrected chi connectivity index (χ3v) is 7.04. The second kappa shape index (κ2) is 5.09. The largest absolute Gasteiger partial charge is 0.299 e. The number of rotatable bonds is 0. The summed E-state index contributed by atoms with van der Waals surface area (Å²) in [5, 5.41) is 0. The number of allylic oxidation sites excluding steroid dienone is 2. The predicted octanol–water partition coefficient (Wildman–Crippen LogP) is 4.46. The van der Waals surface area contributed by atoms with Crippen LogP contribution in [0.3, 0.4) is 0 Å². The fourth-order valence-electron chi connectivity index (χ4n) is 6.02. The van der Waals surface area contributed by atoms with Crippen LogP contribution in [0, 0.1) is 29.1 Å². The van der Waals surface area contributed by atoms with Crippen molar-refractivity contribution in [2.75, 3.05) is 0 Å². The van der Waals surface area contributed by atoms with Gasteiger partial charge in [0.2, 0.25) is 0 Å². The Morgan fingerprint density at radius 2 is 1.91 bits per heavy atom. The minimum atomic E-state index is -1.59. The summed E-state index contributed by atoms with van der Waals surface area (Å²) >= 11 is 0. The molecule has 0 aromatic heterocycles. The number of carbonyl (C=O) groups is 2. The molecule has 0 N–H and O–H groups in total. The molecule has 0 saturated heterocycles. The van der Waals surface area contributed by atoms with Crippen molar-refractivity contribution in [3.63, 3.8) is 0 Å². The normalized spacial score (nSPS) is 42.7. The van der Waals surface area contributed by atoms with Crippen molar-refractivity contribution in [2.45, 2.75) is 51.9 Å². The third kappa shape index (κ3) is 2.10. The van der Waals surface area contributed by atoms with Crippen molar-refractivity contribution < 1.29 is 18.4 Å². The highest BCUT2D eigenvalue weighted by Gasteiger charge is 2.58. The van der Waals surface area contributed by atoms with Gasteiger partial charge in [-0.05, 0) is 61.9 Å². The standard InChI is InChI=1S/C19H22F2O2/c1-19-9-14(18(20)21)17-12-5-3-11(22)8-10(12)2-4-13(17)15(19)6-7-16(19)23/h8,12-13,15,17H,2-7,9H2,1H3/t12-,13-,15-,17+,19-/m0/s1. The van der Waals surface area contributed by atoms with Crippen LogP contribution in [-0.2, 0) is 9.59 Å². The minimum Gasteiger partial charge on any atom is -0.299 e. The first kappa shape index (κ1) is 15.2. The van der Waals surface area contributed by atoms with Crippen molar-refractivity contribution in [3.8, 4) is 0 Å². The first-order valence-corrected chi connectivity index (χ1v) is 8.72. The predicted molar refractivity (Wildman–Crippen MR) is 81.7 cm³/mol. The highest BCUT2D eigenvalue weighted by Crippen LogP contribution is 2.62. The van der Waals surface area contributed by atoms with E-state index in [9.17, 15) is 18.4 Å². The van der Waals surface area contributed by atoms with Crippen LogP contribution in [0.15, 0.2) is 23.3 Å². The van der Waals surface area contributed by atoms with Crippen LogP contribution in [0.5, 0.6) is 0 Å². The number of hydrogen-bond donors (Lipinski definition) is 0. The molecule has 5 atom stereocenters. The zero-order valence-corrected chi connectivity index (χ0v) is 13.4. The van der Waals surface area contributed by atoms with Gasteiger partial charge in [0.25, 0.3) is 6.08 Å². The second-order valence-electron chi connectivity index (χ2n) is 8.01. The lowest BCUT2D eigenvalue weighted by Crippen LogP contribution is -2.48. The highest BCUT2D eigenvalue weighted by molar-refractivity contribution is 5.91. The van der Waals surface area contributed by atoms with E-state index in [1.165, 1.54) is 0 Å². The lowest BCUT2D eigenvalue weighted by atomic mass is 9.51. The van der Waals surface area contributed by atoms with Crippen molar-refractivity contribution >= 4 is 11.6 Å². The van der Waals surface area contributed by atoms with Crippen LogP contribution in [0.2, 0.25) is 0 Å². The zero-order chi connectivity index (χ0) is 16.4. The molecule has 0 spiro atoms. The SMILES string of the molecule is C[C@]12CC(=C(F)F)[C@H]3[C@@H](CCC4=CC(=O)CC[C@@H]43)[C@@H]1CCC2=O. The number of hydrogen-bond acceptors (Lipinski definition) is 2. The molecular formula is C19H22F2O2. The quantitative estimate of drug-likeness (QED) is 0.660. The van der Waals surface area contributed by atoms with E-state index in [0.717, 1.165) is 24.8 Å². The van der Waals surface area contributed by atoms with Gasteiger partial charge in [-0.1, -0.05) is 12.5 Å². The van der Waals surface area contributed by atoms with E-state index in [-0.39, 0.29) is 47.2 Å². The van der Waals surface area contributed by atoms with Gasteiger partial charge in [-0.3, -0.25) is 9.59 Å². The van der Waals surface area contributed by atoms with Crippen molar-refractivity contribution in [1.29, 1.82) is 0 Å². The maximum absolute atomic E-state index is 13.8. The topological polar surface area (TPSA) is 34.1 Å². The van der Waals surface area contributed by atoms with Gasteiger partial charge in [-0.15, -0.1) is 0 Å². The average molecular weight is 320 g/mol. The molecule has 0 unspecified atom stereocenters. The molecule has 0 radical (unpaired) electrons. The molecule has 23 heavy (non-hydrogen) atoms. The summed E-state index contributed by atoms with van der Waals surface area (Å²) in [6.45, 7) is 1.90. The number of ketones is 2. The van der Waals surface area contributed by atoms with E-state index in [0.29, 0.717) is 19.3 Å². The fourth-order valence-corrected chi connectivity index (χ4v) is 6.02. The molecule has 4 aliphatic rings. The molecule has 0 aliphatic heterocycles. The van der Waals surface area contributed by atoms with Crippen LogP contribution in [0.4, 0.5) is 8.78 Å². The summed E-state index contributed by atoms with van der Waals surface area (Å²) in [6.07, 6.45) is 4.57. The minimum absolute atomic E-state index is 0.0863. The molecule has 4 rings (SSSR count). The smallest absolute Gasteiger partial charge is 0.269 e.